The van der Waals surface area contributed by atoms with Crippen molar-refractivity contribution in [2.45, 2.75) is 20.0 Å². The van der Waals surface area contributed by atoms with E-state index >= 15 is 0 Å². The largest absolute Gasteiger partial charge is 0.465 e. The summed E-state index contributed by atoms with van der Waals surface area (Å²) in [6, 6.07) is 1.95. The third kappa shape index (κ3) is 2.22. The maximum Gasteiger partial charge on any atom is 0.118 e. The minimum Gasteiger partial charge on any atom is -0.465 e. The standard InChI is InChI=1S/C10H12ClN3O/c1-7-8(2-10(3-12)15-7)5-14-6-9(11)4-13-14/h2,4,6H,3,5,12H2,1H3. The van der Waals surface area contributed by atoms with Crippen molar-refractivity contribution in [3.8, 4) is 0 Å². The highest BCUT2D eigenvalue weighted by Crippen LogP contribution is 2.16. The number of nitrogens with zero attached hydrogens (tertiary/aromatic N) is 2. The predicted molar refractivity (Wildman–Crippen MR) is 57.7 cm³/mol. The van der Waals surface area contributed by atoms with Crippen molar-refractivity contribution in [1.82, 2.24) is 9.78 Å². The molecule has 2 heterocycles. The summed E-state index contributed by atoms with van der Waals surface area (Å²) in [6.45, 7) is 2.99. The molecule has 2 rings (SSSR count). The van der Waals surface area contributed by atoms with Gasteiger partial charge >= 0.3 is 0 Å². The number of aromatic nitrogens is 2. The molecule has 0 atom stereocenters. The molecular weight excluding hydrogens is 214 g/mol. The monoisotopic (exact) mass is 225 g/mol. The fourth-order valence-electron chi connectivity index (χ4n) is 1.44. The number of halogens is 1. The zero-order chi connectivity index (χ0) is 10.8. The maximum absolute atomic E-state index is 5.77. The maximum atomic E-state index is 5.77. The third-order valence-corrected chi connectivity index (χ3v) is 2.40. The molecule has 0 aromatic carbocycles. The molecule has 0 aliphatic heterocycles. The number of rotatable bonds is 3. The van der Waals surface area contributed by atoms with Crippen LogP contribution < -0.4 is 5.73 Å². The Labute approximate surface area is 92.6 Å². The Morgan fingerprint density at radius 3 is 2.93 bits per heavy atom. The molecule has 15 heavy (non-hydrogen) atoms. The number of aryl methyl sites for hydroxylation is 1. The number of furan rings is 1. The molecule has 2 N–H and O–H groups in total. The summed E-state index contributed by atoms with van der Waals surface area (Å²) in [5, 5.41) is 4.73. The summed E-state index contributed by atoms with van der Waals surface area (Å²) in [5.74, 6) is 1.67. The van der Waals surface area contributed by atoms with Crippen LogP contribution in [0.1, 0.15) is 17.1 Å². The van der Waals surface area contributed by atoms with Gasteiger partial charge in [-0.15, -0.1) is 0 Å². The molecule has 5 heteroatoms. The van der Waals surface area contributed by atoms with Gasteiger partial charge in [0.2, 0.25) is 0 Å². The van der Waals surface area contributed by atoms with Crippen molar-refractivity contribution in [3.05, 3.63) is 40.6 Å². The molecule has 2 aromatic rings. The Bertz CT molecular complexity index is 461. The zero-order valence-corrected chi connectivity index (χ0v) is 9.16. The molecule has 0 aliphatic carbocycles. The van der Waals surface area contributed by atoms with Gasteiger partial charge in [-0.3, -0.25) is 4.68 Å². The van der Waals surface area contributed by atoms with Gasteiger partial charge in [-0.25, -0.2) is 0 Å². The lowest BCUT2D eigenvalue weighted by atomic mass is 10.2. The Morgan fingerprint density at radius 1 is 1.60 bits per heavy atom. The molecule has 0 saturated carbocycles. The number of hydrogen-bond acceptors (Lipinski definition) is 3. The van der Waals surface area contributed by atoms with Gasteiger partial charge in [-0.2, -0.15) is 5.10 Å². The van der Waals surface area contributed by atoms with E-state index in [9.17, 15) is 0 Å². The zero-order valence-electron chi connectivity index (χ0n) is 8.40. The minimum absolute atomic E-state index is 0.417. The second-order valence-corrected chi connectivity index (χ2v) is 3.79. The summed E-state index contributed by atoms with van der Waals surface area (Å²) in [6.07, 6.45) is 3.39. The lowest BCUT2D eigenvalue weighted by Crippen LogP contribution is -1.99. The number of nitrogens with two attached hydrogens (primary N) is 1. The van der Waals surface area contributed by atoms with Gasteiger partial charge in [0.05, 0.1) is 24.3 Å². The highest BCUT2D eigenvalue weighted by atomic mass is 35.5. The van der Waals surface area contributed by atoms with E-state index < -0.39 is 0 Å². The van der Waals surface area contributed by atoms with E-state index in [0.717, 1.165) is 17.1 Å². The molecule has 0 radical (unpaired) electrons. The van der Waals surface area contributed by atoms with Crippen molar-refractivity contribution >= 4 is 11.6 Å². The lowest BCUT2D eigenvalue weighted by Gasteiger charge is -1.98. The quantitative estimate of drug-likeness (QED) is 0.869. The fourth-order valence-corrected chi connectivity index (χ4v) is 1.60. The Kier molecular flexibility index (Phi) is 2.79. The predicted octanol–water partition coefficient (Wildman–Crippen LogP) is 1.94. The first-order valence-corrected chi connectivity index (χ1v) is 5.03. The van der Waals surface area contributed by atoms with E-state index in [-0.39, 0.29) is 0 Å². The topological polar surface area (TPSA) is 57.0 Å². The van der Waals surface area contributed by atoms with Gasteiger partial charge in [0.15, 0.2) is 0 Å². The minimum atomic E-state index is 0.417. The van der Waals surface area contributed by atoms with Crippen molar-refractivity contribution in [2.75, 3.05) is 0 Å². The highest BCUT2D eigenvalue weighted by molar-refractivity contribution is 6.30. The van der Waals surface area contributed by atoms with Crippen LogP contribution in [-0.2, 0) is 13.1 Å². The van der Waals surface area contributed by atoms with Gasteiger partial charge in [-0.05, 0) is 13.0 Å². The van der Waals surface area contributed by atoms with Gasteiger partial charge < -0.3 is 10.2 Å². The van der Waals surface area contributed by atoms with E-state index in [1.807, 2.05) is 13.0 Å². The molecular formula is C10H12ClN3O. The molecule has 2 aromatic heterocycles. The van der Waals surface area contributed by atoms with Crippen LogP contribution in [0.2, 0.25) is 5.02 Å². The average Bonchev–Trinajstić information content (AvgIpc) is 2.75. The summed E-state index contributed by atoms with van der Waals surface area (Å²) in [5.41, 5.74) is 6.57. The van der Waals surface area contributed by atoms with Crippen LogP contribution in [0.4, 0.5) is 0 Å². The third-order valence-electron chi connectivity index (χ3n) is 2.21. The first-order chi connectivity index (χ1) is 7.19. The van der Waals surface area contributed by atoms with Gasteiger partial charge in [0.25, 0.3) is 0 Å². The highest BCUT2D eigenvalue weighted by Gasteiger charge is 2.07. The average molecular weight is 226 g/mol. The van der Waals surface area contributed by atoms with Crippen molar-refractivity contribution < 1.29 is 4.42 Å². The van der Waals surface area contributed by atoms with Crippen LogP contribution in [0.15, 0.2) is 22.9 Å². The first-order valence-electron chi connectivity index (χ1n) is 4.65. The molecule has 0 spiro atoms. The van der Waals surface area contributed by atoms with Crippen LogP contribution >= 0.6 is 11.6 Å². The van der Waals surface area contributed by atoms with Gasteiger partial charge in [0, 0.05) is 11.8 Å². The van der Waals surface area contributed by atoms with Crippen LogP contribution in [0.5, 0.6) is 0 Å². The summed E-state index contributed by atoms with van der Waals surface area (Å²) in [4.78, 5) is 0. The molecule has 0 fully saturated rings. The Morgan fingerprint density at radius 2 is 2.40 bits per heavy atom. The van der Waals surface area contributed by atoms with E-state index in [1.165, 1.54) is 0 Å². The van der Waals surface area contributed by atoms with E-state index in [4.69, 9.17) is 21.8 Å². The Hall–Kier alpha value is -1.26. The molecule has 0 amide bonds. The van der Waals surface area contributed by atoms with E-state index in [1.54, 1.807) is 17.1 Å². The number of hydrogen-bond donors (Lipinski definition) is 1. The fraction of sp³-hybridized carbons (Fsp3) is 0.300. The second kappa shape index (κ2) is 4.08. The molecule has 0 unspecified atom stereocenters. The second-order valence-electron chi connectivity index (χ2n) is 3.35. The molecule has 0 saturated heterocycles. The summed E-state index contributed by atoms with van der Waals surface area (Å²) in [7, 11) is 0. The summed E-state index contributed by atoms with van der Waals surface area (Å²) < 4.78 is 7.21. The molecule has 4 nitrogen and oxygen atoms in total. The van der Waals surface area contributed by atoms with Gasteiger partial charge in [-0.1, -0.05) is 11.6 Å². The Balaban J connectivity index is 2.20. The first kappa shape index (κ1) is 10.3. The van der Waals surface area contributed by atoms with Crippen molar-refractivity contribution in [1.29, 1.82) is 0 Å². The van der Waals surface area contributed by atoms with Crippen LogP contribution in [-0.4, -0.2) is 9.78 Å². The lowest BCUT2D eigenvalue weighted by molar-refractivity contribution is 0.481. The molecule has 80 valence electrons. The molecule has 0 aliphatic rings. The van der Waals surface area contributed by atoms with E-state index in [0.29, 0.717) is 18.1 Å². The van der Waals surface area contributed by atoms with Gasteiger partial charge in [0.1, 0.15) is 11.5 Å². The normalized spacial score (nSPS) is 10.9. The van der Waals surface area contributed by atoms with E-state index in [2.05, 4.69) is 5.10 Å². The van der Waals surface area contributed by atoms with Crippen LogP contribution in [0.25, 0.3) is 0 Å². The summed E-state index contributed by atoms with van der Waals surface area (Å²) >= 11 is 5.77. The van der Waals surface area contributed by atoms with Crippen molar-refractivity contribution in [3.63, 3.8) is 0 Å². The molecule has 0 bridgehead atoms. The SMILES string of the molecule is Cc1oc(CN)cc1Cn1cc(Cl)cn1. The smallest absolute Gasteiger partial charge is 0.118 e. The van der Waals surface area contributed by atoms with Crippen molar-refractivity contribution in [2.24, 2.45) is 5.73 Å². The van der Waals surface area contributed by atoms with Crippen LogP contribution in [0, 0.1) is 6.92 Å². The van der Waals surface area contributed by atoms with Crippen LogP contribution in [0.3, 0.4) is 0 Å².